The zero-order valence-corrected chi connectivity index (χ0v) is 12.7. The molecule has 0 aliphatic rings. The number of unbranched alkanes of at least 4 members (excludes halogenated alkanes) is 5. The maximum Gasteiger partial charge on any atom is 0.0900 e. The normalized spacial score (nSPS) is 13.2. The highest BCUT2D eigenvalue weighted by molar-refractivity contribution is 4.61. The van der Waals surface area contributed by atoms with Gasteiger partial charge in [0.2, 0.25) is 0 Å². The molecular formula is C15H33NO2. The van der Waals surface area contributed by atoms with Crippen molar-refractivity contribution < 1.29 is 9.84 Å². The van der Waals surface area contributed by atoms with Gasteiger partial charge in [-0.05, 0) is 19.5 Å². The highest BCUT2D eigenvalue weighted by Crippen LogP contribution is 2.05. The van der Waals surface area contributed by atoms with Crippen LogP contribution in [-0.2, 0) is 4.74 Å². The first-order chi connectivity index (χ1) is 8.74. The average Bonchev–Trinajstić information content (AvgIpc) is 2.39. The largest absolute Gasteiger partial charge is 0.389 e. The molecule has 0 aliphatic carbocycles. The lowest BCUT2D eigenvalue weighted by molar-refractivity contribution is 0.0171. The van der Waals surface area contributed by atoms with E-state index in [0.717, 1.165) is 32.7 Å². The van der Waals surface area contributed by atoms with Crippen molar-refractivity contribution >= 4 is 0 Å². The average molecular weight is 259 g/mol. The van der Waals surface area contributed by atoms with Crippen molar-refractivity contribution in [3.8, 4) is 0 Å². The van der Waals surface area contributed by atoms with Gasteiger partial charge in [0, 0.05) is 13.2 Å². The number of likely N-dealkylation sites (N-methyl/N-ethyl adjacent to an activating group) is 1. The molecule has 0 amide bonds. The third kappa shape index (κ3) is 11.0. The second-order valence-electron chi connectivity index (χ2n) is 4.98. The van der Waals surface area contributed by atoms with E-state index in [0.29, 0.717) is 6.61 Å². The summed E-state index contributed by atoms with van der Waals surface area (Å²) in [4.78, 5) is 2.22. The van der Waals surface area contributed by atoms with E-state index in [-0.39, 0.29) is 6.10 Å². The van der Waals surface area contributed by atoms with E-state index in [1.165, 1.54) is 32.1 Å². The van der Waals surface area contributed by atoms with Crippen molar-refractivity contribution in [3.63, 3.8) is 0 Å². The van der Waals surface area contributed by atoms with E-state index in [4.69, 9.17) is 4.74 Å². The Bertz CT molecular complexity index is 161. The van der Waals surface area contributed by atoms with E-state index in [2.05, 4.69) is 25.7 Å². The summed E-state index contributed by atoms with van der Waals surface area (Å²) in [6, 6.07) is 0. The molecule has 0 fully saturated rings. The van der Waals surface area contributed by atoms with Crippen molar-refractivity contribution in [1.82, 2.24) is 4.90 Å². The van der Waals surface area contributed by atoms with Gasteiger partial charge in [-0.2, -0.15) is 0 Å². The molecule has 1 atom stereocenters. The highest BCUT2D eigenvalue weighted by atomic mass is 16.5. The SMILES string of the molecule is CCCCCCCCOCC(O)CN(CC)CC. The zero-order valence-electron chi connectivity index (χ0n) is 12.7. The Hall–Kier alpha value is -0.120. The van der Waals surface area contributed by atoms with Crippen LogP contribution in [0.4, 0.5) is 0 Å². The molecule has 18 heavy (non-hydrogen) atoms. The topological polar surface area (TPSA) is 32.7 Å². The van der Waals surface area contributed by atoms with Crippen LogP contribution in [-0.4, -0.2) is 49.0 Å². The fraction of sp³-hybridized carbons (Fsp3) is 1.00. The Morgan fingerprint density at radius 2 is 1.56 bits per heavy atom. The standard InChI is InChI=1S/C15H33NO2/c1-4-7-8-9-10-11-12-18-14-15(17)13-16(5-2)6-3/h15,17H,4-14H2,1-3H3. The summed E-state index contributed by atoms with van der Waals surface area (Å²) in [5.74, 6) is 0. The van der Waals surface area contributed by atoms with Crippen LogP contribution in [0, 0.1) is 0 Å². The fourth-order valence-corrected chi connectivity index (χ4v) is 2.04. The maximum atomic E-state index is 9.79. The first-order valence-corrected chi connectivity index (χ1v) is 7.72. The molecule has 0 bridgehead atoms. The highest BCUT2D eigenvalue weighted by Gasteiger charge is 2.08. The van der Waals surface area contributed by atoms with E-state index < -0.39 is 0 Å². The number of aliphatic hydroxyl groups excluding tert-OH is 1. The van der Waals surface area contributed by atoms with Crippen molar-refractivity contribution in [3.05, 3.63) is 0 Å². The summed E-state index contributed by atoms with van der Waals surface area (Å²) in [7, 11) is 0. The second-order valence-corrected chi connectivity index (χ2v) is 4.98. The smallest absolute Gasteiger partial charge is 0.0900 e. The predicted molar refractivity (Wildman–Crippen MR) is 78.0 cm³/mol. The molecule has 110 valence electrons. The van der Waals surface area contributed by atoms with Crippen molar-refractivity contribution in [1.29, 1.82) is 0 Å². The van der Waals surface area contributed by atoms with Gasteiger partial charge in [0.15, 0.2) is 0 Å². The summed E-state index contributed by atoms with van der Waals surface area (Å²) >= 11 is 0. The number of nitrogens with zero attached hydrogens (tertiary/aromatic N) is 1. The second kappa shape index (κ2) is 13.3. The molecule has 0 heterocycles. The summed E-state index contributed by atoms with van der Waals surface area (Å²) in [5, 5.41) is 9.79. The Morgan fingerprint density at radius 1 is 0.944 bits per heavy atom. The van der Waals surface area contributed by atoms with E-state index in [1.807, 2.05) is 0 Å². The fourth-order valence-electron chi connectivity index (χ4n) is 2.04. The molecule has 3 heteroatoms. The van der Waals surface area contributed by atoms with Gasteiger partial charge >= 0.3 is 0 Å². The van der Waals surface area contributed by atoms with Gasteiger partial charge in [-0.3, -0.25) is 0 Å². The van der Waals surface area contributed by atoms with Gasteiger partial charge in [-0.15, -0.1) is 0 Å². The van der Waals surface area contributed by atoms with Crippen LogP contribution < -0.4 is 0 Å². The Balaban J connectivity index is 3.27. The molecule has 0 aromatic rings. The van der Waals surface area contributed by atoms with Gasteiger partial charge in [0.25, 0.3) is 0 Å². The van der Waals surface area contributed by atoms with Crippen molar-refractivity contribution in [2.45, 2.75) is 65.4 Å². The molecule has 0 spiro atoms. The lowest BCUT2D eigenvalue weighted by atomic mass is 10.1. The monoisotopic (exact) mass is 259 g/mol. The molecule has 0 saturated heterocycles. The summed E-state index contributed by atoms with van der Waals surface area (Å²) in [5.41, 5.74) is 0. The number of hydrogen-bond acceptors (Lipinski definition) is 3. The van der Waals surface area contributed by atoms with Gasteiger partial charge in [0.1, 0.15) is 0 Å². The van der Waals surface area contributed by atoms with E-state index in [9.17, 15) is 5.11 Å². The van der Waals surface area contributed by atoms with Gasteiger partial charge in [-0.25, -0.2) is 0 Å². The third-order valence-electron chi connectivity index (χ3n) is 3.32. The zero-order chi connectivity index (χ0) is 13.6. The van der Waals surface area contributed by atoms with Crippen LogP contribution in [0.25, 0.3) is 0 Å². The summed E-state index contributed by atoms with van der Waals surface area (Å²) in [6.07, 6.45) is 7.36. The van der Waals surface area contributed by atoms with Gasteiger partial charge in [0.05, 0.1) is 12.7 Å². The molecule has 1 unspecified atom stereocenters. The van der Waals surface area contributed by atoms with Crippen LogP contribution >= 0.6 is 0 Å². The summed E-state index contributed by atoms with van der Waals surface area (Å²) < 4.78 is 5.52. The Labute approximate surface area is 114 Å². The molecule has 3 nitrogen and oxygen atoms in total. The van der Waals surface area contributed by atoms with E-state index >= 15 is 0 Å². The lowest BCUT2D eigenvalue weighted by Crippen LogP contribution is -2.34. The molecule has 0 aromatic carbocycles. The quantitative estimate of drug-likeness (QED) is 0.516. The number of aliphatic hydroxyl groups is 1. The van der Waals surface area contributed by atoms with Crippen LogP contribution in [0.1, 0.15) is 59.3 Å². The summed E-state index contributed by atoms with van der Waals surface area (Å²) in [6.45, 7) is 10.5. The minimum absolute atomic E-state index is 0.343. The molecule has 0 rings (SSSR count). The van der Waals surface area contributed by atoms with Crippen molar-refractivity contribution in [2.24, 2.45) is 0 Å². The number of ether oxygens (including phenoxy) is 1. The number of rotatable bonds is 13. The Kier molecular flexibility index (Phi) is 13.2. The Morgan fingerprint density at radius 3 is 2.17 bits per heavy atom. The molecule has 0 aliphatic heterocycles. The lowest BCUT2D eigenvalue weighted by Gasteiger charge is -2.21. The molecule has 0 radical (unpaired) electrons. The predicted octanol–water partition coefficient (Wildman–Crippen LogP) is 3.07. The maximum absolute atomic E-state index is 9.79. The first kappa shape index (κ1) is 17.9. The van der Waals surface area contributed by atoms with Crippen LogP contribution in [0.2, 0.25) is 0 Å². The van der Waals surface area contributed by atoms with Crippen LogP contribution in [0.5, 0.6) is 0 Å². The van der Waals surface area contributed by atoms with Crippen LogP contribution in [0.15, 0.2) is 0 Å². The van der Waals surface area contributed by atoms with Gasteiger partial charge < -0.3 is 14.7 Å². The first-order valence-electron chi connectivity index (χ1n) is 7.72. The van der Waals surface area contributed by atoms with E-state index in [1.54, 1.807) is 0 Å². The molecule has 0 saturated carbocycles. The minimum atomic E-state index is -0.343. The van der Waals surface area contributed by atoms with Crippen LogP contribution in [0.3, 0.4) is 0 Å². The molecule has 1 N–H and O–H groups in total. The third-order valence-corrected chi connectivity index (χ3v) is 3.32. The number of hydrogen-bond donors (Lipinski definition) is 1. The minimum Gasteiger partial charge on any atom is -0.389 e. The van der Waals surface area contributed by atoms with Gasteiger partial charge in [-0.1, -0.05) is 52.9 Å². The molecular weight excluding hydrogens is 226 g/mol. The molecule has 0 aromatic heterocycles. The van der Waals surface area contributed by atoms with Crippen molar-refractivity contribution in [2.75, 3.05) is 32.8 Å².